The number of carbonyl (C=O) groups excluding carboxylic acids is 2. The number of nitro benzene ring substituents is 1. The second kappa shape index (κ2) is 10.7. The maximum Gasteiger partial charge on any atom is 0.341 e. The quantitative estimate of drug-likeness (QED) is 0.146. The Balaban J connectivity index is 1.91. The lowest BCUT2D eigenvalue weighted by atomic mass is 10.1. The van der Waals surface area contributed by atoms with E-state index in [-0.39, 0.29) is 40.0 Å². The summed E-state index contributed by atoms with van der Waals surface area (Å²) in [5, 5.41) is 23.6. The molecule has 35 heavy (non-hydrogen) atoms. The minimum Gasteiger partial charge on any atom is -0.496 e. The average Bonchev–Trinajstić information content (AvgIpc) is 3.40. The van der Waals surface area contributed by atoms with Crippen LogP contribution in [0.2, 0.25) is 0 Å². The first-order chi connectivity index (χ1) is 16.7. The van der Waals surface area contributed by atoms with E-state index < -0.39 is 16.8 Å². The number of hydrogen-bond donors (Lipinski definition) is 1. The Kier molecular flexibility index (Phi) is 7.68. The molecule has 3 aromatic rings. The molecule has 0 aliphatic heterocycles. The number of carbonyl (C=O) groups is 2. The average molecular weight is 496 g/mol. The molecule has 1 N–H and O–H groups in total. The van der Waals surface area contributed by atoms with E-state index in [2.05, 4.69) is 5.32 Å². The molecule has 0 radical (unpaired) electrons. The SMILES string of the molecule is CCOC(=O)c1c(NC(=O)C(C#N)=Cc2ccc(-c3cc([N+](=O)[O-])ccc3OC)o2)sc(C)c1C. The fourth-order valence-corrected chi connectivity index (χ4v) is 4.25. The van der Waals surface area contributed by atoms with Crippen LogP contribution < -0.4 is 10.1 Å². The molecule has 0 saturated heterocycles. The summed E-state index contributed by atoms with van der Waals surface area (Å²) >= 11 is 1.21. The molecule has 0 spiro atoms. The molecule has 2 heterocycles. The van der Waals surface area contributed by atoms with E-state index in [1.807, 2.05) is 13.0 Å². The van der Waals surface area contributed by atoms with Crippen LogP contribution in [0.1, 0.15) is 33.5 Å². The number of rotatable bonds is 8. The Hall–Kier alpha value is -4.43. The summed E-state index contributed by atoms with van der Waals surface area (Å²) in [5.41, 5.74) is 0.861. The molecule has 0 unspecified atom stereocenters. The van der Waals surface area contributed by atoms with E-state index >= 15 is 0 Å². The topological polar surface area (TPSA) is 145 Å². The molecule has 0 saturated carbocycles. The van der Waals surface area contributed by atoms with E-state index in [4.69, 9.17) is 13.9 Å². The summed E-state index contributed by atoms with van der Waals surface area (Å²) in [7, 11) is 1.42. The number of methoxy groups -OCH3 is 1. The normalized spacial score (nSPS) is 11.0. The number of benzene rings is 1. The first-order valence-electron chi connectivity index (χ1n) is 10.3. The number of esters is 1. The summed E-state index contributed by atoms with van der Waals surface area (Å²) < 4.78 is 16.1. The molecule has 0 atom stereocenters. The van der Waals surface area contributed by atoms with Crippen LogP contribution >= 0.6 is 11.3 Å². The van der Waals surface area contributed by atoms with E-state index in [1.165, 1.54) is 48.8 Å². The van der Waals surface area contributed by atoms with Crippen LogP contribution in [0.4, 0.5) is 10.7 Å². The molecule has 0 bridgehead atoms. The fraction of sp³-hybridized carbons (Fsp3) is 0.208. The molecule has 0 fully saturated rings. The summed E-state index contributed by atoms with van der Waals surface area (Å²) in [6.45, 7) is 5.43. The van der Waals surface area contributed by atoms with Gasteiger partial charge in [0.15, 0.2) is 0 Å². The van der Waals surface area contributed by atoms with Crippen molar-refractivity contribution in [1.29, 1.82) is 5.26 Å². The van der Waals surface area contributed by atoms with E-state index in [1.54, 1.807) is 19.9 Å². The second-order valence-corrected chi connectivity index (χ2v) is 8.40. The molecule has 2 aromatic heterocycles. The van der Waals surface area contributed by atoms with E-state index in [0.29, 0.717) is 16.9 Å². The van der Waals surface area contributed by atoms with Crippen LogP contribution in [0.3, 0.4) is 0 Å². The number of nitro groups is 1. The number of non-ortho nitro benzene ring substituents is 1. The van der Waals surface area contributed by atoms with Crippen molar-refractivity contribution in [2.45, 2.75) is 20.8 Å². The van der Waals surface area contributed by atoms with Crippen LogP contribution in [0.25, 0.3) is 17.4 Å². The number of ether oxygens (including phenoxy) is 2. The van der Waals surface area contributed by atoms with Gasteiger partial charge < -0.3 is 19.2 Å². The van der Waals surface area contributed by atoms with Gasteiger partial charge in [-0.05, 0) is 44.5 Å². The molecule has 1 aromatic carbocycles. The van der Waals surface area contributed by atoms with Crippen molar-refractivity contribution in [2.75, 3.05) is 19.0 Å². The Labute approximate surface area is 204 Å². The van der Waals surface area contributed by atoms with Gasteiger partial charge in [-0.3, -0.25) is 14.9 Å². The van der Waals surface area contributed by atoms with Gasteiger partial charge >= 0.3 is 5.97 Å². The predicted molar refractivity (Wildman–Crippen MR) is 129 cm³/mol. The molecule has 3 rings (SSSR count). The van der Waals surface area contributed by atoms with Crippen molar-refractivity contribution in [3.05, 3.63) is 67.8 Å². The maximum atomic E-state index is 12.8. The number of nitrogens with zero attached hydrogens (tertiary/aromatic N) is 2. The predicted octanol–water partition coefficient (Wildman–Crippen LogP) is 5.26. The lowest BCUT2D eigenvalue weighted by molar-refractivity contribution is -0.384. The fourth-order valence-electron chi connectivity index (χ4n) is 3.20. The van der Waals surface area contributed by atoms with Gasteiger partial charge in [-0.2, -0.15) is 5.26 Å². The second-order valence-electron chi connectivity index (χ2n) is 7.18. The van der Waals surface area contributed by atoms with E-state index in [9.17, 15) is 25.0 Å². The Morgan fingerprint density at radius 3 is 2.66 bits per heavy atom. The third kappa shape index (κ3) is 5.39. The zero-order valence-corrected chi connectivity index (χ0v) is 20.1. The maximum absolute atomic E-state index is 12.8. The number of amides is 1. The van der Waals surface area contributed by atoms with E-state index in [0.717, 1.165) is 4.88 Å². The first kappa shape index (κ1) is 25.2. The van der Waals surface area contributed by atoms with Gasteiger partial charge in [0.25, 0.3) is 11.6 Å². The van der Waals surface area contributed by atoms with Crippen molar-refractivity contribution in [3.63, 3.8) is 0 Å². The zero-order valence-electron chi connectivity index (χ0n) is 19.3. The standard InChI is InChI=1S/C24H21N3O7S/c1-5-33-24(29)21-13(2)14(3)35-23(21)26-22(28)15(12-25)10-17-7-9-20(34-17)18-11-16(27(30)31)6-8-19(18)32-4/h6-11H,5H2,1-4H3,(H,26,28). The highest BCUT2D eigenvalue weighted by Crippen LogP contribution is 2.35. The van der Waals surface area contributed by atoms with Crippen molar-refractivity contribution in [2.24, 2.45) is 0 Å². The number of furan rings is 1. The highest BCUT2D eigenvalue weighted by atomic mass is 32.1. The van der Waals surface area contributed by atoms with Crippen LogP contribution in [-0.2, 0) is 9.53 Å². The highest BCUT2D eigenvalue weighted by molar-refractivity contribution is 7.16. The lowest BCUT2D eigenvalue weighted by Crippen LogP contribution is -2.16. The van der Waals surface area contributed by atoms with Gasteiger partial charge in [-0.15, -0.1) is 11.3 Å². The monoisotopic (exact) mass is 495 g/mol. The Morgan fingerprint density at radius 2 is 2.03 bits per heavy atom. The summed E-state index contributed by atoms with van der Waals surface area (Å²) in [4.78, 5) is 36.6. The van der Waals surface area contributed by atoms with Gasteiger partial charge in [-0.1, -0.05) is 0 Å². The number of nitriles is 1. The Morgan fingerprint density at radius 1 is 1.29 bits per heavy atom. The van der Waals surface area contributed by atoms with Crippen LogP contribution in [0.5, 0.6) is 5.75 Å². The van der Waals surface area contributed by atoms with Crippen LogP contribution in [0, 0.1) is 35.3 Å². The smallest absolute Gasteiger partial charge is 0.341 e. The molecule has 11 heteroatoms. The van der Waals surface area contributed by atoms with Crippen molar-refractivity contribution in [3.8, 4) is 23.1 Å². The van der Waals surface area contributed by atoms with Gasteiger partial charge in [0.1, 0.15) is 33.9 Å². The van der Waals surface area contributed by atoms with Crippen molar-refractivity contribution < 1.29 is 28.4 Å². The van der Waals surface area contributed by atoms with Crippen LogP contribution in [-0.4, -0.2) is 30.5 Å². The molecule has 1 amide bonds. The summed E-state index contributed by atoms with van der Waals surface area (Å²) in [5.74, 6) is -0.513. The van der Waals surface area contributed by atoms with Crippen molar-refractivity contribution >= 4 is 40.0 Å². The van der Waals surface area contributed by atoms with Gasteiger partial charge in [0, 0.05) is 23.1 Å². The van der Waals surface area contributed by atoms with Gasteiger partial charge in [-0.25, -0.2) is 4.79 Å². The van der Waals surface area contributed by atoms with Crippen molar-refractivity contribution in [1.82, 2.24) is 0 Å². The Bertz CT molecular complexity index is 1380. The molecule has 10 nitrogen and oxygen atoms in total. The number of aryl methyl sites for hydroxylation is 1. The summed E-state index contributed by atoms with van der Waals surface area (Å²) in [6, 6.07) is 8.95. The van der Waals surface area contributed by atoms with Crippen LogP contribution in [0.15, 0.2) is 40.3 Å². The lowest BCUT2D eigenvalue weighted by Gasteiger charge is -2.07. The molecular formula is C24H21N3O7S. The molecular weight excluding hydrogens is 474 g/mol. The van der Waals surface area contributed by atoms with Gasteiger partial charge in [0.2, 0.25) is 0 Å². The zero-order chi connectivity index (χ0) is 25.7. The molecule has 180 valence electrons. The van der Waals surface area contributed by atoms with Gasteiger partial charge in [0.05, 0.1) is 29.8 Å². The third-order valence-corrected chi connectivity index (χ3v) is 6.15. The largest absolute Gasteiger partial charge is 0.496 e. The molecule has 0 aliphatic rings. The number of nitrogens with one attached hydrogen (secondary N) is 1. The first-order valence-corrected chi connectivity index (χ1v) is 11.1. The third-order valence-electron chi connectivity index (χ3n) is 5.03. The number of thiophene rings is 1. The summed E-state index contributed by atoms with van der Waals surface area (Å²) in [6.07, 6.45) is 1.24. The minimum atomic E-state index is -0.731. The number of anilines is 1. The molecule has 0 aliphatic carbocycles. The minimum absolute atomic E-state index is 0.148. The highest BCUT2D eigenvalue weighted by Gasteiger charge is 2.23. The number of hydrogen-bond acceptors (Lipinski definition) is 9.